The fourth-order valence-electron chi connectivity index (χ4n) is 3.63. The second-order valence-corrected chi connectivity index (χ2v) is 6.63. The van der Waals surface area contributed by atoms with E-state index in [-0.39, 0.29) is 5.91 Å². The number of hydrogen-bond acceptors (Lipinski definition) is 4. The molecule has 1 amide bonds. The molecule has 0 spiro atoms. The van der Waals surface area contributed by atoms with Crippen LogP contribution in [0.4, 0.5) is 0 Å². The van der Waals surface area contributed by atoms with Crippen molar-refractivity contribution < 1.29 is 9.53 Å². The van der Waals surface area contributed by atoms with Crippen molar-refractivity contribution in [1.29, 1.82) is 0 Å². The van der Waals surface area contributed by atoms with Gasteiger partial charge in [-0.3, -0.25) is 9.20 Å². The summed E-state index contributed by atoms with van der Waals surface area (Å²) in [4.78, 5) is 14.6. The Morgan fingerprint density at radius 3 is 3.12 bits per heavy atom. The molecule has 1 unspecified atom stereocenters. The summed E-state index contributed by atoms with van der Waals surface area (Å²) in [6, 6.07) is 5.92. The van der Waals surface area contributed by atoms with Gasteiger partial charge in [0.1, 0.15) is 5.82 Å². The number of likely N-dealkylation sites (tertiary alicyclic amines) is 1. The molecule has 2 aliphatic heterocycles. The molecule has 24 heavy (non-hydrogen) atoms. The van der Waals surface area contributed by atoms with Gasteiger partial charge < -0.3 is 9.64 Å². The normalized spacial score (nSPS) is 21.4. The zero-order valence-corrected chi connectivity index (χ0v) is 13.7. The molecule has 0 aliphatic carbocycles. The molecule has 0 bridgehead atoms. The largest absolute Gasteiger partial charge is 0.501 e. The zero-order valence-electron chi connectivity index (χ0n) is 13.7. The van der Waals surface area contributed by atoms with Crippen LogP contribution in [0, 0.1) is 5.92 Å². The molecule has 6 nitrogen and oxygen atoms in total. The molecule has 2 aliphatic rings. The highest BCUT2D eigenvalue weighted by Crippen LogP contribution is 2.23. The van der Waals surface area contributed by atoms with E-state index >= 15 is 0 Å². The van der Waals surface area contributed by atoms with Crippen molar-refractivity contribution in [3.63, 3.8) is 0 Å². The monoisotopic (exact) mass is 326 g/mol. The SMILES string of the molecule is O=C(C1=COCCC1)N1CCCC(Cc2nnc3ccccn23)C1. The minimum absolute atomic E-state index is 0.144. The first-order valence-corrected chi connectivity index (χ1v) is 8.70. The summed E-state index contributed by atoms with van der Waals surface area (Å²) >= 11 is 0. The van der Waals surface area contributed by atoms with E-state index in [1.165, 1.54) is 0 Å². The molecule has 126 valence electrons. The molecule has 0 saturated carbocycles. The van der Waals surface area contributed by atoms with Crippen LogP contribution in [0.5, 0.6) is 0 Å². The van der Waals surface area contributed by atoms with Crippen molar-refractivity contribution in [2.24, 2.45) is 5.92 Å². The van der Waals surface area contributed by atoms with Gasteiger partial charge in [-0.1, -0.05) is 6.07 Å². The Morgan fingerprint density at radius 2 is 2.25 bits per heavy atom. The third-order valence-electron chi connectivity index (χ3n) is 4.87. The highest BCUT2D eigenvalue weighted by atomic mass is 16.5. The first kappa shape index (κ1) is 15.2. The third kappa shape index (κ3) is 3.00. The molecule has 2 aromatic rings. The number of nitrogens with zero attached hydrogens (tertiary/aromatic N) is 4. The summed E-state index contributed by atoms with van der Waals surface area (Å²) in [6.45, 7) is 2.35. The Morgan fingerprint density at radius 1 is 1.29 bits per heavy atom. The average molecular weight is 326 g/mol. The van der Waals surface area contributed by atoms with Crippen LogP contribution >= 0.6 is 0 Å². The topological polar surface area (TPSA) is 59.7 Å². The molecule has 1 atom stereocenters. The smallest absolute Gasteiger partial charge is 0.252 e. The Kier molecular flexibility index (Phi) is 4.19. The van der Waals surface area contributed by atoms with Gasteiger partial charge in [0, 0.05) is 25.7 Å². The highest BCUT2D eigenvalue weighted by Gasteiger charge is 2.27. The van der Waals surface area contributed by atoms with Gasteiger partial charge in [-0.25, -0.2) is 0 Å². The molecule has 0 N–H and O–H groups in total. The lowest BCUT2D eigenvalue weighted by atomic mass is 9.93. The molecule has 4 rings (SSSR count). The van der Waals surface area contributed by atoms with Gasteiger partial charge in [-0.15, -0.1) is 10.2 Å². The first-order chi connectivity index (χ1) is 11.8. The van der Waals surface area contributed by atoms with Gasteiger partial charge in [0.2, 0.25) is 0 Å². The van der Waals surface area contributed by atoms with Gasteiger partial charge in [0.05, 0.1) is 18.4 Å². The molecule has 0 aromatic carbocycles. The number of carbonyl (C=O) groups excluding carboxylic acids is 1. The van der Waals surface area contributed by atoms with Gasteiger partial charge in [-0.2, -0.15) is 0 Å². The maximum Gasteiger partial charge on any atom is 0.252 e. The zero-order chi connectivity index (χ0) is 16.4. The van der Waals surface area contributed by atoms with Crippen molar-refractivity contribution >= 4 is 11.6 Å². The van der Waals surface area contributed by atoms with Gasteiger partial charge >= 0.3 is 0 Å². The van der Waals surface area contributed by atoms with Crippen molar-refractivity contribution in [2.75, 3.05) is 19.7 Å². The van der Waals surface area contributed by atoms with Crippen molar-refractivity contribution in [1.82, 2.24) is 19.5 Å². The Balaban J connectivity index is 1.45. The van der Waals surface area contributed by atoms with E-state index in [1.807, 2.05) is 33.7 Å². The summed E-state index contributed by atoms with van der Waals surface area (Å²) in [6.07, 6.45) is 8.43. The Hall–Kier alpha value is -2.37. The predicted molar refractivity (Wildman–Crippen MR) is 89.3 cm³/mol. The Labute approximate surface area is 141 Å². The summed E-state index contributed by atoms with van der Waals surface area (Å²) in [7, 11) is 0. The molecule has 1 fully saturated rings. The number of pyridine rings is 1. The van der Waals surface area contributed by atoms with Crippen LogP contribution < -0.4 is 0 Å². The number of ether oxygens (including phenoxy) is 1. The van der Waals surface area contributed by atoms with E-state index < -0.39 is 0 Å². The number of amides is 1. The van der Waals surface area contributed by atoms with E-state index in [9.17, 15) is 4.79 Å². The first-order valence-electron chi connectivity index (χ1n) is 8.70. The number of piperidine rings is 1. The lowest BCUT2D eigenvalue weighted by Gasteiger charge is -2.33. The van der Waals surface area contributed by atoms with Gasteiger partial charge in [0.15, 0.2) is 5.65 Å². The predicted octanol–water partition coefficient (Wildman–Crippen LogP) is 2.20. The maximum absolute atomic E-state index is 12.7. The number of aromatic nitrogens is 3. The van der Waals surface area contributed by atoms with Crippen LogP contribution in [0.2, 0.25) is 0 Å². The van der Waals surface area contributed by atoms with Crippen molar-refractivity contribution in [2.45, 2.75) is 32.1 Å². The fraction of sp³-hybridized carbons (Fsp3) is 0.500. The fourth-order valence-corrected chi connectivity index (χ4v) is 3.63. The van der Waals surface area contributed by atoms with Crippen LogP contribution in [0.15, 0.2) is 36.2 Å². The third-order valence-corrected chi connectivity index (χ3v) is 4.87. The van der Waals surface area contributed by atoms with E-state index in [4.69, 9.17) is 4.74 Å². The van der Waals surface area contributed by atoms with Crippen LogP contribution in [0.25, 0.3) is 5.65 Å². The van der Waals surface area contributed by atoms with Crippen molar-refractivity contribution in [3.05, 3.63) is 42.1 Å². The Bertz CT molecular complexity index is 767. The molecule has 1 saturated heterocycles. The van der Waals surface area contributed by atoms with Gasteiger partial charge in [0.25, 0.3) is 5.91 Å². The minimum atomic E-state index is 0.144. The molecule has 4 heterocycles. The minimum Gasteiger partial charge on any atom is -0.501 e. The standard InChI is InChI=1S/C18H22N4O2/c23-18(15-6-4-10-24-13-15)21-8-3-5-14(12-21)11-17-20-19-16-7-1-2-9-22(16)17/h1-2,7,9,13-14H,3-6,8,10-12H2. The van der Waals surface area contributed by atoms with Gasteiger partial charge in [-0.05, 0) is 43.7 Å². The van der Waals surface area contributed by atoms with Crippen LogP contribution in [-0.2, 0) is 16.0 Å². The van der Waals surface area contributed by atoms with Crippen LogP contribution in [0.1, 0.15) is 31.5 Å². The molecular weight excluding hydrogens is 304 g/mol. The molecule has 2 aromatic heterocycles. The second kappa shape index (κ2) is 6.63. The van der Waals surface area contributed by atoms with Crippen LogP contribution in [0.3, 0.4) is 0 Å². The summed E-state index contributed by atoms with van der Waals surface area (Å²) < 4.78 is 7.36. The highest BCUT2D eigenvalue weighted by molar-refractivity contribution is 5.93. The number of hydrogen-bond donors (Lipinski definition) is 0. The number of fused-ring (bicyclic) bond motifs is 1. The summed E-state index contributed by atoms with van der Waals surface area (Å²) in [5.74, 6) is 1.55. The summed E-state index contributed by atoms with van der Waals surface area (Å²) in [5, 5.41) is 8.55. The van der Waals surface area contributed by atoms with Crippen molar-refractivity contribution in [3.8, 4) is 0 Å². The molecule has 6 heteroatoms. The molecule has 0 radical (unpaired) electrons. The molecular formula is C18H22N4O2. The number of carbonyl (C=O) groups is 1. The summed E-state index contributed by atoms with van der Waals surface area (Å²) in [5.41, 5.74) is 1.69. The van der Waals surface area contributed by atoms with E-state index in [0.717, 1.165) is 68.8 Å². The lowest BCUT2D eigenvalue weighted by molar-refractivity contribution is -0.129. The second-order valence-electron chi connectivity index (χ2n) is 6.63. The van der Waals surface area contributed by atoms with Crippen LogP contribution in [-0.4, -0.2) is 45.1 Å². The average Bonchev–Trinajstić information content (AvgIpc) is 3.05. The van der Waals surface area contributed by atoms with E-state index in [0.29, 0.717) is 5.92 Å². The van der Waals surface area contributed by atoms with E-state index in [1.54, 1.807) is 6.26 Å². The maximum atomic E-state index is 12.7. The quantitative estimate of drug-likeness (QED) is 0.868. The van der Waals surface area contributed by atoms with E-state index in [2.05, 4.69) is 10.2 Å². The lowest BCUT2D eigenvalue weighted by Crippen LogP contribution is -2.41. The number of rotatable bonds is 3.